The number of rotatable bonds is 6. The maximum Gasteiger partial charge on any atom is 0.228 e. The number of nitrogens with zero attached hydrogens (tertiary/aromatic N) is 4. The smallest absolute Gasteiger partial charge is 0.228 e. The Bertz CT molecular complexity index is 624. The van der Waals surface area contributed by atoms with Crippen molar-refractivity contribution in [3.05, 3.63) is 30.6 Å². The highest BCUT2D eigenvalue weighted by atomic mass is 32.2. The lowest BCUT2D eigenvalue weighted by molar-refractivity contribution is -0.118. The molecule has 0 aliphatic heterocycles. The van der Waals surface area contributed by atoms with E-state index in [1.165, 1.54) is 0 Å². The third-order valence-corrected chi connectivity index (χ3v) is 4.01. The summed E-state index contributed by atoms with van der Waals surface area (Å²) < 4.78 is 1.89. The number of carbonyl (C=O) groups is 1. The van der Waals surface area contributed by atoms with Crippen LogP contribution in [0.1, 0.15) is 26.3 Å². The topological polar surface area (TPSA) is 51.0 Å². The van der Waals surface area contributed by atoms with Crippen molar-refractivity contribution in [2.75, 3.05) is 24.0 Å². The molecule has 0 saturated heterocycles. The third-order valence-electron chi connectivity index (χ3n) is 3.40. The van der Waals surface area contributed by atoms with E-state index in [1.54, 1.807) is 29.1 Å². The molecule has 5 nitrogen and oxygen atoms in total. The van der Waals surface area contributed by atoms with Crippen molar-refractivity contribution in [1.82, 2.24) is 14.8 Å². The highest BCUT2D eigenvalue weighted by Crippen LogP contribution is 2.26. The van der Waals surface area contributed by atoms with Gasteiger partial charge in [0.2, 0.25) is 5.91 Å². The number of hydrogen-bond donors (Lipinski definition) is 0. The second kappa shape index (κ2) is 7.45. The van der Waals surface area contributed by atoms with Gasteiger partial charge >= 0.3 is 0 Å². The van der Waals surface area contributed by atoms with E-state index >= 15 is 0 Å². The van der Waals surface area contributed by atoms with Gasteiger partial charge in [0, 0.05) is 49.3 Å². The predicted octanol–water partition coefficient (Wildman–Crippen LogP) is 3.24. The van der Waals surface area contributed by atoms with Crippen molar-refractivity contribution in [3.63, 3.8) is 0 Å². The molecule has 0 saturated carbocycles. The van der Waals surface area contributed by atoms with Crippen molar-refractivity contribution in [1.29, 1.82) is 0 Å². The Morgan fingerprint density at radius 2 is 2.23 bits per heavy atom. The first-order chi connectivity index (χ1) is 10.5. The molecule has 0 bridgehead atoms. The van der Waals surface area contributed by atoms with E-state index in [-0.39, 0.29) is 11.9 Å². The number of hydrogen-bond acceptors (Lipinski definition) is 4. The average Bonchev–Trinajstić information content (AvgIpc) is 2.98. The number of amides is 1. The van der Waals surface area contributed by atoms with E-state index in [0.717, 1.165) is 22.8 Å². The van der Waals surface area contributed by atoms with Crippen LogP contribution in [-0.4, -0.2) is 39.7 Å². The molecule has 0 spiro atoms. The molecule has 0 atom stereocenters. The minimum absolute atomic E-state index is 0.105. The van der Waals surface area contributed by atoms with E-state index < -0.39 is 0 Å². The van der Waals surface area contributed by atoms with Gasteiger partial charge in [-0.15, -0.1) is 0 Å². The van der Waals surface area contributed by atoms with E-state index in [9.17, 15) is 4.79 Å². The van der Waals surface area contributed by atoms with Crippen molar-refractivity contribution < 1.29 is 4.79 Å². The molecule has 0 unspecified atom stereocenters. The fraction of sp³-hybridized carbons (Fsp3) is 0.438. The second-order valence-corrected chi connectivity index (χ2v) is 6.35. The fourth-order valence-electron chi connectivity index (χ4n) is 2.16. The van der Waals surface area contributed by atoms with Gasteiger partial charge in [0.15, 0.2) is 0 Å². The van der Waals surface area contributed by atoms with Gasteiger partial charge in [-0.2, -0.15) is 16.9 Å². The molecule has 0 aliphatic rings. The molecule has 22 heavy (non-hydrogen) atoms. The van der Waals surface area contributed by atoms with Crippen LogP contribution in [0.4, 0.5) is 5.82 Å². The first kappa shape index (κ1) is 16.5. The summed E-state index contributed by atoms with van der Waals surface area (Å²) in [4.78, 5) is 18.1. The van der Waals surface area contributed by atoms with Crippen LogP contribution in [0.5, 0.6) is 0 Å². The van der Waals surface area contributed by atoms with E-state index in [0.29, 0.717) is 6.42 Å². The molecule has 0 aromatic carbocycles. The first-order valence-electron chi connectivity index (χ1n) is 7.30. The molecule has 1 amide bonds. The summed E-state index contributed by atoms with van der Waals surface area (Å²) in [6, 6.07) is 5.99. The summed E-state index contributed by atoms with van der Waals surface area (Å²) in [5.74, 6) is 1.75. The Labute approximate surface area is 135 Å². The second-order valence-electron chi connectivity index (χ2n) is 5.36. The third kappa shape index (κ3) is 3.68. The number of aromatic nitrogens is 3. The van der Waals surface area contributed by atoms with Crippen LogP contribution < -0.4 is 4.90 Å². The van der Waals surface area contributed by atoms with Crippen LogP contribution in [0.2, 0.25) is 0 Å². The Kier molecular flexibility index (Phi) is 5.60. The number of carbonyl (C=O) groups excluding carboxylic acids is 1. The van der Waals surface area contributed by atoms with Crippen molar-refractivity contribution >= 4 is 23.5 Å². The summed E-state index contributed by atoms with van der Waals surface area (Å²) >= 11 is 1.68. The van der Waals surface area contributed by atoms with Gasteiger partial charge in [0.1, 0.15) is 5.82 Å². The number of anilines is 1. The van der Waals surface area contributed by atoms with Crippen LogP contribution in [-0.2, 0) is 4.79 Å². The molecule has 0 fully saturated rings. The number of thioether (sulfide) groups is 1. The standard InChI is InChI=1S/C16H22N4OS/c1-12(2)20-15(19(3)16(21)7-9-22-4)10-14(18-20)13-6-5-8-17-11-13/h5-6,8,10-12H,7,9H2,1-4H3. The van der Waals surface area contributed by atoms with E-state index in [1.807, 2.05) is 36.2 Å². The van der Waals surface area contributed by atoms with Gasteiger partial charge in [-0.3, -0.25) is 9.78 Å². The van der Waals surface area contributed by atoms with Gasteiger partial charge in [-0.25, -0.2) is 4.68 Å². The van der Waals surface area contributed by atoms with E-state index in [2.05, 4.69) is 23.9 Å². The fourth-order valence-corrected chi connectivity index (χ4v) is 2.53. The molecule has 2 rings (SSSR count). The van der Waals surface area contributed by atoms with Crippen LogP contribution in [0, 0.1) is 0 Å². The minimum atomic E-state index is 0.105. The maximum atomic E-state index is 12.3. The SMILES string of the molecule is CSCCC(=O)N(C)c1cc(-c2cccnc2)nn1C(C)C. The van der Waals surface area contributed by atoms with Crippen molar-refractivity contribution in [3.8, 4) is 11.3 Å². The maximum absolute atomic E-state index is 12.3. The Morgan fingerprint density at radius 1 is 1.45 bits per heavy atom. The summed E-state index contributed by atoms with van der Waals surface area (Å²) in [6.45, 7) is 4.12. The molecule has 2 aromatic heterocycles. The molecule has 0 aliphatic carbocycles. The Morgan fingerprint density at radius 3 is 2.82 bits per heavy atom. The summed E-state index contributed by atoms with van der Waals surface area (Å²) in [6.07, 6.45) is 6.06. The summed E-state index contributed by atoms with van der Waals surface area (Å²) in [7, 11) is 1.81. The Balaban J connectivity index is 2.34. The largest absolute Gasteiger partial charge is 0.300 e. The zero-order valence-electron chi connectivity index (χ0n) is 13.5. The van der Waals surface area contributed by atoms with Crippen LogP contribution in [0.15, 0.2) is 30.6 Å². The predicted molar refractivity (Wildman–Crippen MR) is 92.3 cm³/mol. The lowest BCUT2D eigenvalue weighted by Crippen LogP contribution is -2.29. The molecular formula is C16H22N4OS. The highest BCUT2D eigenvalue weighted by molar-refractivity contribution is 7.98. The average molecular weight is 318 g/mol. The lowest BCUT2D eigenvalue weighted by atomic mass is 10.2. The van der Waals surface area contributed by atoms with Crippen molar-refractivity contribution in [2.45, 2.75) is 26.3 Å². The van der Waals surface area contributed by atoms with Gasteiger partial charge < -0.3 is 4.90 Å². The van der Waals surface area contributed by atoms with Crippen molar-refractivity contribution in [2.24, 2.45) is 0 Å². The molecule has 118 valence electrons. The van der Waals surface area contributed by atoms with Crippen LogP contribution in [0.25, 0.3) is 11.3 Å². The molecule has 0 radical (unpaired) electrons. The van der Waals surface area contributed by atoms with E-state index in [4.69, 9.17) is 0 Å². The summed E-state index contributed by atoms with van der Waals surface area (Å²) in [5, 5.41) is 4.64. The monoisotopic (exact) mass is 318 g/mol. The molecule has 6 heteroatoms. The normalized spacial score (nSPS) is 11.0. The molecule has 2 aromatic rings. The van der Waals surface area contributed by atoms with Gasteiger partial charge in [0.25, 0.3) is 0 Å². The zero-order valence-corrected chi connectivity index (χ0v) is 14.3. The summed E-state index contributed by atoms with van der Waals surface area (Å²) in [5.41, 5.74) is 1.79. The van der Waals surface area contributed by atoms with Gasteiger partial charge in [0.05, 0.1) is 5.69 Å². The molecule has 0 N–H and O–H groups in total. The number of pyridine rings is 1. The first-order valence-corrected chi connectivity index (χ1v) is 8.69. The van der Waals surface area contributed by atoms with Crippen LogP contribution in [0.3, 0.4) is 0 Å². The lowest BCUT2D eigenvalue weighted by Gasteiger charge is -2.20. The van der Waals surface area contributed by atoms with Crippen LogP contribution >= 0.6 is 11.8 Å². The quantitative estimate of drug-likeness (QED) is 0.820. The molecular weight excluding hydrogens is 296 g/mol. The van der Waals surface area contributed by atoms with Gasteiger partial charge in [-0.1, -0.05) is 0 Å². The minimum Gasteiger partial charge on any atom is -0.300 e. The molecule has 2 heterocycles. The Hall–Kier alpha value is -1.82. The zero-order chi connectivity index (χ0) is 16.1. The van der Waals surface area contributed by atoms with Gasteiger partial charge in [-0.05, 0) is 32.2 Å². The highest BCUT2D eigenvalue weighted by Gasteiger charge is 2.19.